The van der Waals surface area contributed by atoms with Crippen LogP contribution in [-0.2, 0) is 4.79 Å². The Hall–Kier alpha value is -1.13. The van der Waals surface area contributed by atoms with Crippen molar-refractivity contribution < 1.29 is 9.90 Å². The molecule has 5 heteroatoms. The van der Waals surface area contributed by atoms with E-state index in [0.29, 0.717) is 29.4 Å². The molecule has 1 rings (SSSR count). The van der Waals surface area contributed by atoms with Crippen molar-refractivity contribution in [3.63, 3.8) is 0 Å². The number of nitrogens with zero attached hydrogens (tertiary/aromatic N) is 1. The number of hydrogen-bond acceptors (Lipinski definition) is 3. The van der Waals surface area contributed by atoms with Gasteiger partial charge in [0.25, 0.3) is 0 Å². The van der Waals surface area contributed by atoms with Crippen LogP contribution in [0.3, 0.4) is 0 Å². The van der Waals surface area contributed by atoms with Gasteiger partial charge >= 0.3 is 0 Å². The maximum atomic E-state index is 11.5. The van der Waals surface area contributed by atoms with Gasteiger partial charge in [0.2, 0.25) is 5.91 Å². The van der Waals surface area contributed by atoms with Gasteiger partial charge in [0, 0.05) is 6.42 Å². The molecule has 4 nitrogen and oxygen atoms in total. The molecule has 0 fully saturated rings. The van der Waals surface area contributed by atoms with Crippen molar-refractivity contribution in [1.29, 1.82) is 0 Å². The van der Waals surface area contributed by atoms with E-state index in [9.17, 15) is 4.79 Å². The highest BCUT2D eigenvalue weighted by Gasteiger charge is 2.07. The number of aliphatic hydroxyl groups is 1. The molecule has 1 amide bonds. The molecular formula is C11H15ClN2O2. The largest absolute Gasteiger partial charge is 0.393 e. The number of aromatic nitrogens is 1. The zero-order valence-corrected chi connectivity index (χ0v) is 10.1. The second-order valence-electron chi connectivity index (χ2n) is 3.70. The first kappa shape index (κ1) is 12.9. The molecule has 0 spiro atoms. The zero-order valence-electron chi connectivity index (χ0n) is 9.33. The van der Waals surface area contributed by atoms with Gasteiger partial charge in [-0.1, -0.05) is 11.6 Å². The minimum atomic E-state index is -0.463. The minimum Gasteiger partial charge on any atom is -0.393 e. The molecule has 2 N–H and O–H groups in total. The van der Waals surface area contributed by atoms with Gasteiger partial charge < -0.3 is 10.4 Å². The molecule has 0 radical (unpaired) electrons. The molecule has 88 valence electrons. The molecule has 0 aromatic carbocycles. The van der Waals surface area contributed by atoms with Crippen LogP contribution in [0.15, 0.2) is 12.1 Å². The number of anilines is 1. The van der Waals surface area contributed by atoms with Crippen molar-refractivity contribution >= 4 is 23.2 Å². The first-order valence-corrected chi connectivity index (χ1v) is 5.48. The Bertz CT molecular complexity index is 380. The van der Waals surface area contributed by atoms with E-state index in [1.165, 1.54) is 0 Å². The van der Waals surface area contributed by atoms with E-state index in [1.54, 1.807) is 26.0 Å². The van der Waals surface area contributed by atoms with E-state index < -0.39 is 6.10 Å². The van der Waals surface area contributed by atoms with Gasteiger partial charge in [-0.2, -0.15) is 0 Å². The number of amides is 1. The molecule has 0 aliphatic rings. The third kappa shape index (κ3) is 4.16. The molecule has 0 bridgehead atoms. The number of carbonyl (C=O) groups excluding carboxylic acids is 1. The lowest BCUT2D eigenvalue weighted by atomic mass is 10.2. The first-order valence-electron chi connectivity index (χ1n) is 5.10. The highest BCUT2D eigenvalue weighted by atomic mass is 35.5. The molecule has 1 heterocycles. The van der Waals surface area contributed by atoms with Crippen molar-refractivity contribution in [2.45, 2.75) is 32.8 Å². The van der Waals surface area contributed by atoms with Crippen molar-refractivity contribution in [1.82, 2.24) is 4.98 Å². The van der Waals surface area contributed by atoms with E-state index in [2.05, 4.69) is 10.3 Å². The molecule has 1 aromatic rings. The Morgan fingerprint density at radius 2 is 2.31 bits per heavy atom. The van der Waals surface area contributed by atoms with Crippen LogP contribution in [0.25, 0.3) is 0 Å². The summed E-state index contributed by atoms with van der Waals surface area (Å²) in [5.74, 6) is -0.131. The molecule has 1 unspecified atom stereocenters. The predicted octanol–water partition coefficient (Wildman–Crippen LogP) is 2.14. The number of aryl methyl sites for hydroxylation is 1. The van der Waals surface area contributed by atoms with E-state index >= 15 is 0 Å². The lowest BCUT2D eigenvalue weighted by Crippen LogP contribution is -2.15. The number of rotatable bonds is 4. The van der Waals surface area contributed by atoms with E-state index in [1.807, 2.05) is 0 Å². The Morgan fingerprint density at radius 1 is 1.62 bits per heavy atom. The van der Waals surface area contributed by atoms with E-state index in [4.69, 9.17) is 16.7 Å². The molecule has 1 atom stereocenters. The standard InChI is InChI=1S/C11H15ClN2O2/c1-7(15)3-6-11(16)14-9-4-5-10(12)13-8(9)2/h4-5,7,15H,3,6H2,1-2H3,(H,14,16). The van der Waals surface area contributed by atoms with Crippen LogP contribution in [0.4, 0.5) is 5.69 Å². The summed E-state index contributed by atoms with van der Waals surface area (Å²) in [5, 5.41) is 12.2. The molecule has 0 saturated carbocycles. The zero-order chi connectivity index (χ0) is 12.1. The SMILES string of the molecule is Cc1nc(Cl)ccc1NC(=O)CCC(C)O. The Labute approximate surface area is 99.6 Å². The van der Waals surface area contributed by atoms with Gasteiger partial charge in [-0.15, -0.1) is 0 Å². The van der Waals surface area contributed by atoms with E-state index in [0.717, 1.165) is 0 Å². The number of pyridine rings is 1. The number of carbonyl (C=O) groups is 1. The fourth-order valence-corrected chi connectivity index (χ4v) is 1.40. The van der Waals surface area contributed by atoms with Crippen molar-refractivity contribution in [3.05, 3.63) is 23.0 Å². The number of halogens is 1. The number of nitrogens with one attached hydrogen (secondary N) is 1. The van der Waals surface area contributed by atoms with Gasteiger partial charge in [-0.05, 0) is 32.4 Å². The average molecular weight is 243 g/mol. The summed E-state index contributed by atoms with van der Waals surface area (Å²) in [5.41, 5.74) is 1.33. The van der Waals surface area contributed by atoms with Crippen molar-refractivity contribution in [2.75, 3.05) is 5.32 Å². The molecule has 0 saturated heterocycles. The Morgan fingerprint density at radius 3 is 2.88 bits per heavy atom. The maximum Gasteiger partial charge on any atom is 0.224 e. The van der Waals surface area contributed by atoms with Crippen molar-refractivity contribution in [3.8, 4) is 0 Å². The summed E-state index contributed by atoms with van der Waals surface area (Å²) >= 11 is 5.70. The van der Waals surface area contributed by atoms with Gasteiger partial charge in [0.1, 0.15) is 5.15 Å². The molecule has 16 heavy (non-hydrogen) atoms. The molecule has 0 aliphatic carbocycles. The average Bonchev–Trinajstić information content (AvgIpc) is 2.19. The van der Waals surface area contributed by atoms with Gasteiger partial charge in [-0.25, -0.2) is 4.98 Å². The lowest BCUT2D eigenvalue weighted by molar-refractivity contribution is -0.116. The summed E-state index contributed by atoms with van der Waals surface area (Å²) in [6.07, 6.45) is 0.279. The minimum absolute atomic E-state index is 0.131. The topological polar surface area (TPSA) is 62.2 Å². The Balaban J connectivity index is 2.56. The molecule has 1 aromatic heterocycles. The second-order valence-corrected chi connectivity index (χ2v) is 4.09. The van der Waals surface area contributed by atoms with Crippen molar-refractivity contribution in [2.24, 2.45) is 0 Å². The van der Waals surface area contributed by atoms with Crippen LogP contribution in [-0.4, -0.2) is 22.1 Å². The van der Waals surface area contributed by atoms with Crippen LogP contribution >= 0.6 is 11.6 Å². The summed E-state index contributed by atoms with van der Waals surface area (Å²) in [6.45, 7) is 3.43. The maximum absolute atomic E-state index is 11.5. The van der Waals surface area contributed by atoms with E-state index in [-0.39, 0.29) is 5.91 Å². The molecular weight excluding hydrogens is 228 g/mol. The quantitative estimate of drug-likeness (QED) is 0.796. The van der Waals surface area contributed by atoms with Crippen LogP contribution < -0.4 is 5.32 Å². The second kappa shape index (κ2) is 5.82. The number of aliphatic hydroxyl groups excluding tert-OH is 1. The highest BCUT2D eigenvalue weighted by molar-refractivity contribution is 6.29. The third-order valence-electron chi connectivity index (χ3n) is 2.12. The van der Waals surface area contributed by atoms with Crippen LogP contribution in [0.1, 0.15) is 25.5 Å². The third-order valence-corrected chi connectivity index (χ3v) is 2.33. The molecule has 0 aliphatic heterocycles. The smallest absolute Gasteiger partial charge is 0.224 e. The van der Waals surface area contributed by atoms with Gasteiger partial charge in [0.05, 0.1) is 17.5 Å². The summed E-state index contributed by atoms with van der Waals surface area (Å²) in [4.78, 5) is 15.5. The van der Waals surface area contributed by atoms with Gasteiger partial charge in [0.15, 0.2) is 0 Å². The van der Waals surface area contributed by atoms with Crippen LogP contribution in [0.5, 0.6) is 0 Å². The number of hydrogen-bond donors (Lipinski definition) is 2. The summed E-state index contributed by atoms with van der Waals surface area (Å²) in [6, 6.07) is 3.34. The van der Waals surface area contributed by atoms with Gasteiger partial charge in [-0.3, -0.25) is 4.79 Å². The normalized spacial score (nSPS) is 12.2. The summed E-state index contributed by atoms with van der Waals surface area (Å²) < 4.78 is 0. The van der Waals surface area contributed by atoms with Crippen LogP contribution in [0.2, 0.25) is 5.15 Å². The van der Waals surface area contributed by atoms with Crippen LogP contribution in [0, 0.1) is 6.92 Å². The fourth-order valence-electron chi connectivity index (χ4n) is 1.22. The monoisotopic (exact) mass is 242 g/mol. The first-order chi connectivity index (χ1) is 7.49. The highest BCUT2D eigenvalue weighted by Crippen LogP contribution is 2.16. The predicted molar refractivity (Wildman–Crippen MR) is 63.5 cm³/mol. The summed E-state index contributed by atoms with van der Waals surface area (Å²) in [7, 11) is 0. The fraction of sp³-hybridized carbons (Fsp3) is 0.455. The lowest BCUT2D eigenvalue weighted by Gasteiger charge is -2.08. The Kier molecular flexibility index (Phi) is 4.71.